The fraction of sp³-hybridized carbons (Fsp3) is 0.412. The number of benzene rings is 1. The fourth-order valence-corrected chi connectivity index (χ4v) is 3.03. The molecule has 1 aliphatic heterocycles. The van der Waals surface area contributed by atoms with Crippen molar-refractivity contribution < 1.29 is 4.79 Å². The van der Waals surface area contributed by atoms with Crippen LogP contribution in [0.25, 0.3) is 10.9 Å². The number of hydrogen-bond acceptors (Lipinski definition) is 3. The van der Waals surface area contributed by atoms with Crippen LogP contribution in [0.5, 0.6) is 0 Å². The summed E-state index contributed by atoms with van der Waals surface area (Å²) in [5.74, 6) is 1.65. The number of likely N-dealkylation sites (tertiary alicyclic amines) is 1. The molecule has 1 aliphatic rings. The Balaban J connectivity index is 1.72. The summed E-state index contributed by atoms with van der Waals surface area (Å²) in [7, 11) is 2.05. The molecule has 0 aliphatic carbocycles. The van der Waals surface area contributed by atoms with Gasteiger partial charge in [-0.2, -0.15) is 0 Å². The van der Waals surface area contributed by atoms with Gasteiger partial charge in [0.05, 0.1) is 5.52 Å². The summed E-state index contributed by atoms with van der Waals surface area (Å²) in [5.41, 5.74) is 1.01. The molecule has 4 nitrogen and oxygen atoms in total. The van der Waals surface area contributed by atoms with Gasteiger partial charge in [-0.3, -0.25) is 4.79 Å². The SMILES string of the molecule is CCN1CC(CN(C)c2ccc3ccccc3n2)CC1=O. The monoisotopic (exact) mass is 283 g/mol. The first-order valence-corrected chi connectivity index (χ1v) is 7.52. The van der Waals surface area contributed by atoms with E-state index in [1.54, 1.807) is 0 Å². The number of anilines is 1. The summed E-state index contributed by atoms with van der Waals surface area (Å²) in [4.78, 5) is 20.6. The lowest BCUT2D eigenvalue weighted by Crippen LogP contribution is -2.29. The van der Waals surface area contributed by atoms with E-state index < -0.39 is 0 Å². The Hall–Kier alpha value is -2.10. The zero-order valence-corrected chi connectivity index (χ0v) is 12.6. The molecule has 21 heavy (non-hydrogen) atoms. The molecule has 2 aromatic rings. The Kier molecular flexibility index (Phi) is 3.78. The van der Waals surface area contributed by atoms with Crippen LogP contribution >= 0.6 is 0 Å². The van der Waals surface area contributed by atoms with Gasteiger partial charge in [0.1, 0.15) is 5.82 Å². The summed E-state index contributed by atoms with van der Waals surface area (Å²) in [5, 5.41) is 1.16. The van der Waals surface area contributed by atoms with Crippen molar-refractivity contribution in [1.82, 2.24) is 9.88 Å². The van der Waals surface area contributed by atoms with E-state index in [2.05, 4.69) is 30.1 Å². The minimum Gasteiger partial charge on any atom is -0.359 e. The zero-order valence-electron chi connectivity index (χ0n) is 12.6. The summed E-state index contributed by atoms with van der Waals surface area (Å²) in [6.45, 7) is 4.59. The zero-order chi connectivity index (χ0) is 14.8. The molecular formula is C17H21N3O. The highest BCUT2D eigenvalue weighted by atomic mass is 16.2. The number of amides is 1. The molecule has 3 rings (SSSR count). The minimum absolute atomic E-state index is 0.280. The molecule has 1 fully saturated rings. The number of rotatable bonds is 4. The normalized spacial score (nSPS) is 18.5. The Morgan fingerprint density at radius 2 is 2.10 bits per heavy atom. The van der Waals surface area contributed by atoms with E-state index in [1.807, 2.05) is 30.0 Å². The van der Waals surface area contributed by atoms with Crippen LogP contribution in [-0.4, -0.2) is 42.5 Å². The van der Waals surface area contributed by atoms with Crippen LogP contribution < -0.4 is 4.90 Å². The quantitative estimate of drug-likeness (QED) is 0.865. The molecular weight excluding hydrogens is 262 g/mol. The number of fused-ring (bicyclic) bond motifs is 1. The number of para-hydroxylation sites is 1. The highest BCUT2D eigenvalue weighted by Gasteiger charge is 2.29. The van der Waals surface area contributed by atoms with Crippen molar-refractivity contribution in [2.24, 2.45) is 5.92 Å². The average molecular weight is 283 g/mol. The van der Waals surface area contributed by atoms with Crippen LogP contribution in [0.1, 0.15) is 13.3 Å². The van der Waals surface area contributed by atoms with E-state index >= 15 is 0 Å². The lowest BCUT2D eigenvalue weighted by molar-refractivity contribution is -0.127. The molecule has 1 atom stereocenters. The molecule has 1 unspecified atom stereocenters. The van der Waals surface area contributed by atoms with Gasteiger partial charge in [0.2, 0.25) is 5.91 Å². The first-order valence-electron chi connectivity index (χ1n) is 7.52. The molecule has 1 aromatic carbocycles. The molecule has 0 bridgehead atoms. The molecule has 110 valence electrons. The number of pyridine rings is 1. The molecule has 1 saturated heterocycles. The standard InChI is InChI=1S/C17H21N3O/c1-3-20-12-13(10-17(20)21)11-19(2)16-9-8-14-6-4-5-7-15(14)18-16/h4-9,13H,3,10-12H2,1-2H3. The number of hydrogen-bond donors (Lipinski definition) is 0. The third-order valence-corrected chi connectivity index (χ3v) is 4.18. The highest BCUT2D eigenvalue weighted by molar-refractivity contribution is 5.80. The van der Waals surface area contributed by atoms with E-state index in [4.69, 9.17) is 4.98 Å². The van der Waals surface area contributed by atoms with Crippen LogP contribution in [0.15, 0.2) is 36.4 Å². The summed E-state index contributed by atoms with van der Waals surface area (Å²) < 4.78 is 0. The van der Waals surface area contributed by atoms with Gasteiger partial charge in [-0.25, -0.2) is 4.98 Å². The van der Waals surface area contributed by atoms with Crippen molar-refractivity contribution in [3.05, 3.63) is 36.4 Å². The molecule has 2 heterocycles. The summed E-state index contributed by atoms with van der Waals surface area (Å²) >= 11 is 0. The maximum Gasteiger partial charge on any atom is 0.222 e. The van der Waals surface area contributed by atoms with Gasteiger partial charge in [-0.05, 0) is 25.1 Å². The summed E-state index contributed by atoms with van der Waals surface area (Å²) in [6, 6.07) is 12.3. The molecule has 0 spiro atoms. The second kappa shape index (κ2) is 5.72. The van der Waals surface area contributed by atoms with Gasteiger partial charge >= 0.3 is 0 Å². The smallest absolute Gasteiger partial charge is 0.222 e. The van der Waals surface area contributed by atoms with Crippen LogP contribution in [0.2, 0.25) is 0 Å². The largest absolute Gasteiger partial charge is 0.359 e. The van der Waals surface area contributed by atoms with Gasteiger partial charge in [-0.1, -0.05) is 18.2 Å². The van der Waals surface area contributed by atoms with Crippen molar-refractivity contribution in [1.29, 1.82) is 0 Å². The predicted octanol–water partition coefficient (Wildman–Crippen LogP) is 2.54. The molecule has 0 radical (unpaired) electrons. The van der Waals surface area contributed by atoms with Gasteiger partial charge in [-0.15, -0.1) is 0 Å². The second-order valence-corrected chi connectivity index (χ2v) is 5.75. The average Bonchev–Trinajstić information content (AvgIpc) is 2.86. The van der Waals surface area contributed by atoms with Crippen LogP contribution in [0, 0.1) is 5.92 Å². The minimum atomic E-state index is 0.280. The fourth-order valence-electron chi connectivity index (χ4n) is 3.03. The van der Waals surface area contributed by atoms with E-state index in [9.17, 15) is 4.79 Å². The Morgan fingerprint density at radius 1 is 1.29 bits per heavy atom. The van der Waals surface area contributed by atoms with Crippen molar-refractivity contribution in [3.63, 3.8) is 0 Å². The van der Waals surface area contributed by atoms with Crippen LogP contribution in [0.3, 0.4) is 0 Å². The Labute approximate surface area is 125 Å². The van der Waals surface area contributed by atoms with Crippen LogP contribution in [-0.2, 0) is 4.79 Å². The van der Waals surface area contributed by atoms with E-state index in [0.29, 0.717) is 12.3 Å². The third-order valence-electron chi connectivity index (χ3n) is 4.18. The number of nitrogens with zero attached hydrogens (tertiary/aromatic N) is 3. The van der Waals surface area contributed by atoms with E-state index in [-0.39, 0.29) is 5.91 Å². The Morgan fingerprint density at radius 3 is 2.86 bits per heavy atom. The van der Waals surface area contributed by atoms with Crippen molar-refractivity contribution in [2.45, 2.75) is 13.3 Å². The van der Waals surface area contributed by atoms with E-state index in [0.717, 1.165) is 36.4 Å². The molecule has 0 saturated carbocycles. The summed E-state index contributed by atoms with van der Waals surface area (Å²) in [6.07, 6.45) is 0.658. The van der Waals surface area contributed by atoms with Crippen molar-refractivity contribution in [3.8, 4) is 0 Å². The van der Waals surface area contributed by atoms with Gasteiger partial charge in [0.25, 0.3) is 0 Å². The number of aromatic nitrogens is 1. The first kappa shape index (κ1) is 13.9. The maximum absolute atomic E-state index is 11.8. The van der Waals surface area contributed by atoms with Crippen LogP contribution in [0.4, 0.5) is 5.82 Å². The van der Waals surface area contributed by atoms with Crippen molar-refractivity contribution >= 4 is 22.6 Å². The lowest BCUT2D eigenvalue weighted by Gasteiger charge is -2.22. The molecule has 1 amide bonds. The maximum atomic E-state index is 11.8. The van der Waals surface area contributed by atoms with Crippen molar-refractivity contribution in [2.75, 3.05) is 31.6 Å². The van der Waals surface area contributed by atoms with Gasteiger partial charge in [0, 0.05) is 44.4 Å². The van der Waals surface area contributed by atoms with Gasteiger partial charge < -0.3 is 9.80 Å². The lowest BCUT2D eigenvalue weighted by atomic mass is 10.1. The van der Waals surface area contributed by atoms with E-state index in [1.165, 1.54) is 0 Å². The second-order valence-electron chi connectivity index (χ2n) is 5.75. The third kappa shape index (κ3) is 2.84. The molecule has 0 N–H and O–H groups in total. The first-order chi connectivity index (χ1) is 10.2. The highest BCUT2D eigenvalue weighted by Crippen LogP contribution is 2.22. The number of carbonyl (C=O) groups excluding carboxylic acids is 1. The Bertz CT molecular complexity index is 655. The van der Waals surface area contributed by atoms with Gasteiger partial charge in [0.15, 0.2) is 0 Å². The topological polar surface area (TPSA) is 36.4 Å². The predicted molar refractivity (Wildman–Crippen MR) is 85.4 cm³/mol. The molecule has 4 heteroatoms. The molecule has 1 aromatic heterocycles. The number of carbonyl (C=O) groups is 1.